The van der Waals surface area contributed by atoms with Crippen LogP contribution in [0, 0.1) is 0 Å². The van der Waals surface area contributed by atoms with Crippen LogP contribution in [0.4, 0.5) is 4.79 Å². The summed E-state index contributed by atoms with van der Waals surface area (Å²) in [6, 6.07) is -1.45. The summed E-state index contributed by atoms with van der Waals surface area (Å²) < 4.78 is 0. The lowest BCUT2D eigenvalue weighted by atomic mass is 10.2. The van der Waals surface area contributed by atoms with Crippen molar-refractivity contribution in [1.82, 2.24) is 20.6 Å². The second-order valence-electron chi connectivity index (χ2n) is 3.56. The van der Waals surface area contributed by atoms with Crippen molar-refractivity contribution in [1.29, 1.82) is 0 Å². The zero-order valence-corrected chi connectivity index (χ0v) is 10.8. The van der Waals surface area contributed by atoms with Crippen molar-refractivity contribution in [2.45, 2.75) is 12.5 Å². The number of aromatic nitrogens is 2. The summed E-state index contributed by atoms with van der Waals surface area (Å²) >= 11 is 1.60. The van der Waals surface area contributed by atoms with Gasteiger partial charge in [-0.1, -0.05) is 0 Å². The van der Waals surface area contributed by atoms with Crippen molar-refractivity contribution in [2.75, 3.05) is 18.6 Å². The normalized spacial score (nSPS) is 11.8. The first kappa shape index (κ1) is 14.4. The van der Waals surface area contributed by atoms with E-state index in [2.05, 4.69) is 20.6 Å². The van der Waals surface area contributed by atoms with Crippen LogP contribution < -0.4 is 10.6 Å². The zero-order chi connectivity index (χ0) is 13.4. The predicted molar refractivity (Wildman–Crippen MR) is 68.6 cm³/mol. The SMILES string of the molecule is CSCCNC(=O)N[C@H](Cc1cnc[nH]1)C(=O)O. The van der Waals surface area contributed by atoms with Crippen LogP contribution in [0.3, 0.4) is 0 Å². The number of aromatic amines is 1. The van der Waals surface area contributed by atoms with E-state index in [-0.39, 0.29) is 6.42 Å². The molecule has 1 atom stereocenters. The number of hydrogen-bond donors (Lipinski definition) is 4. The Morgan fingerprint density at radius 1 is 1.61 bits per heavy atom. The lowest BCUT2D eigenvalue weighted by molar-refractivity contribution is -0.139. The number of rotatable bonds is 7. The van der Waals surface area contributed by atoms with Gasteiger partial charge in [-0.05, 0) is 6.26 Å². The number of urea groups is 1. The van der Waals surface area contributed by atoms with Crippen LogP contribution >= 0.6 is 11.8 Å². The van der Waals surface area contributed by atoms with Gasteiger partial charge in [-0.3, -0.25) is 0 Å². The largest absolute Gasteiger partial charge is 0.480 e. The van der Waals surface area contributed by atoms with Gasteiger partial charge in [0.15, 0.2) is 0 Å². The summed E-state index contributed by atoms with van der Waals surface area (Å²) in [5.41, 5.74) is 0.659. The number of carboxylic acid groups (broad SMARTS) is 1. The molecule has 0 fully saturated rings. The van der Waals surface area contributed by atoms with Gasteiger partial charge in [-0.25, -0.2) is 14.6 Å². The Bertz CT molecular complexity index is 382. The van der Waals surface area contributed by atoms with E-state index in [4.69, 9.17) is 5.11 Å². The maximum Gasteiger partial charge on any atom is 0.326 e. The molecule has 0 unspecified atom stereocenters. The van der Waals surface area contributed by atoms with Crippen LogP contribution in [-0.4, -0.2) is 51.7 Å². The molecule has 2 amide bonds. The van der Waals surface area contributed by atoms with E-state index in [0.29, 0.717) is 12.2 Å². The number of nitrogens with one attached hydrogen (secondary N) is 3. The minimum absolute atomic E-state index is 0.172. The van der Waals surface area contributed by atoms with Crippen molar-refractivity contribution >= 4 is 23.8 Å². The third kappa shape index (κ3) is 5.09. The first-order valence-corrected chi connectivity index (χ1v) is 6.76. The van der Waals surface area contributed by atoms with E-state index in [9.17, 15) is 9.59 Å². The molecule has 100 valence electrons. The molecule has 0 bridgehead atoms. The fraction of sp³-hybridized carbons (Fsp3) is 0.500. The van der Waals surface area contributed by atoms with Crippen LogP contribution in [0.2, 0.25) is 0 Å². The number of thioether (sulfide) groups is 1. The molecular formula is C10H16N4O3S. The van der Waals surface area contributed by atoms with E-state index >= 15 is 0 Å². The molecule has 0 saturated heterocycles. The van der Waals surface area contributed by atoms with Crippen LogP contribution in [0.15, 0.2) is 12.5 Å². The van der Waals surface area contributed by atoms with Gasteiger partial charge in [0.1, 0.15) is 6.04 Å². The summed E-state index contributed by atoms with van der Waals surface area (Å²) in [5.74, 6) is -0.296. The van der Waals surface area contributed by atoms with Crippen molar-refractivity contribution < 1.29 is 14.7 Å². The van der Waals surface area contributed by atoms with Gasteiger partial charge in [-0.15, -0.1) is 0 Å². The molecule has 18 heavy (non-hydrogen) atoms. The third-order valence-electron chi connectivity index (χ3n) is 2.17. The number of carbonyl (C=O) groups excluding carboxylic acids is 1. The monoisotopic (exact) mass is 272 g/mol. The molecule has 0 aliphatic rings. The van der Waals surface area contributed by atoms with E-state index in [0.717, 1.165) is 5.75 Å². The highest BCUT2D eigenvalue weighted by Gasteiger charge is 2.20. The minimum Gasteiger partial charge on any atom is -0.480 e. The number of hydrogen-bond acceptors (Lipinski definition) is 4. The number of H-pyrrole nitrogens is 1. The van der Waals surface area contributed by atoms with E-state index in [1.165, 1.54) is 12.5 Å². The Kier molecular flexibility index (Phi) is 6.06. The molecule has 1 aromatic rings. The van der Waals surface area contributed by atoms with Crippen molar-refractivity contribution in [3.05, 3.63) is 18.2 Å². The highest BCUT2D eigenvalue weighted by atomic mass is 32.2. The fourth-order valence-corrected chi connectivity index (χ4v) is 1.60. The summed E-state index contributed by atoms with van der Waals surface area (Å²) in [5, 5.41) is 14.0. The van der Waals surface area contributed by atoms with Crippen LogP contribution in [0.1, 0.15) is 5.69 Å². The molecule has 1 heterocycles. The highest BCUT2D eigenvalue weighted by Crippen LogP contribution is 1.98. The van der Waals surface area contributed by atoms with Gasteiger partial charge < -0.3 is 20.7 Å². The third-order valence-corrected chi connectivity index (χ3v) is 2.79. The van der Waals surface area contributed by atoms with Gasteiger partial charge in [0, 0.05) is 30.6 Å². The molecule has 1 aromatic heterocycles. The van der Waals surface area contributed by atoms with Crippen molar-refractivity contribution in [2.24, 2.45) is 0 Å². The minimum atomic E-state index is -1.08. The second-order valence-corrected chi connectivity index (χ2v) is 4.55. The van der Waals surface area contributed by atoms with E-state index < -0.39 is 18.0 Å². The van der Waals surface area contributed by atoms with Gasteiger partial charge in [0.2, 0.25) is 0 Å². The van der Waals surface area contributed by atoms with Crippen LogP contribution in [-0.2, 0) is 11.2 Å². The average molecular weight is 272 g/mol. The lowest BCUT2D eigenvalue weighted by Crippen LogP contribution is -2.47. The molecule has 0 radical (unpaired) electrons. The summed E-state index contributed by atoms with van der Waals surface area (Å²) in [4.78, 5) is 29.0. The van der Waals surface area contributed by atoms with Crippen molar-refractivity contribution in [3.8, 4) is 0 Å². The highest BCUT2D eigenvalue weighted by molar-refractivity contribution is 7.98. The Morgan fingerprint density at radius 2 is 2.39 bits per heavy atom. The van der Waals surface area contributed by atoms with Crippen molar-refractivity contribution in [3.63, 3.8) is 0 Å². The molecule has 0 aromatic carbocycles. The maximum atomic E-state index is 11.4. The molecule has 0 spiro atoms. The molecule has 4 N–H and O–H groups in total. The molecule has 0 aliphatic heterocycles. The number of aliphatic carboxylic acids is 1. The molecule has 7 nitrogen and oxygen atoms in total. The summed E-state index contributed by atoms with van der Waals surface area (Å²) in [6.45, 7) is 0.503. The number of amides is 2. The van der Waals surface area contributed by atoms with E-state index in [1.54, 1.807) is 11.8 Å². The van der Waals surface area contributed by atoms with Gasteiger partial charge in [0.05, 0.1) is 6.33 Å². The fourth-order valence-electron chi connectivity index (χ4n) is 1.29. The summed E-state index contributed by atoms with van der Waals surface area (Å²) in [6.07, 6.45) is 5.10. The van der Waals surface area contributed by atoms with Crippen LogP contribution in [0.25, 0.3) is 0 Å². The van der Waals surface area contributed by atoms with Gasteiger partial charge in [-0.2, -0.15) is 11.8 Å². The molecular weight excluding hydrogens is 256 g/mol. The Morgan fingerprint density at radius 3 is 2.94 bits per heavy atom. The second kappa shape index (κ2) is 7.59. The quantitative estimate of drug-likeness (QED) is 0.525. The number of carbonyl (C=O) groups is 2. The van der Waals surface area contributed by atoms with Crippen LogP contribution in [0.5, 0.6) is 0 Å². The molecule has 0 saturated carbocycles. The van der Waals surface area contributed by atoms with Gasteiger partial charge in [0.25, 0.3) is 0 Å². The molecule has 8 heteroatoms. The molecule has 0 aliphatic carbocycles. The number of carboxylic acids is 1. The first-order chi connectivity index (χ1) is 8.63. The predicted octanol–water partition coefficient (Wildman–Crippen LogP) is 0.0676. The van der Waals surface area contributed by atoms with Gasteiger partial charge >= 0.3 is 12.0 Å². The smallest absolute Gasteiger partial charge is 0.326 e. The average Bonchev–Trinajstić information content (AvgIpc) is 2.81. The molecule has 1 rings (SSSR count). The number of nitrogens with zero attached hydrogens (tertiary/aromatic N) is 1. The zero-order valence-electron chi connectivity index (χ0n) is 9.97. The standard InChI is InChI=1S/C10H16N4O3S/c1-18-3-2-12-10(17)14-8(9(15)16)4-7-5-11-6-13-7/h5-6,8H,2-4H2,1H3,(H,11,13)(H,15,16)(H2,12,14,17)/t8-/m1/s1. The maximum absolute atomic E-state index is 11.4. The lowest BCUT2D eigenvalue weighted by Gasteiger charge is -2.14. The topological polar surface area (TPSA) is 107 Å². The first-order valence-electron chi connectivity index (χ1n) is 5.37. The Balaban J connectivity index is 2.42. The Hall–Kier alpha value is -1.70. The summed E-state index contributed by atoms with van der Waals surface area (Å²) in [7, 11) is 0. The number of imidazole rings is 1. The Labute approximate surface area is 109 Å². The van der Waals surface area contributed by atoms with E-state index in [1.807, 2.05) is 6.26 Å².